The van der Waals surface area contributed by atoms with Crippen LogP contribution in [0.2, 0.25) is 5.02 Å². The number of hydrazone groups is 1. The van der Waals surface area contributed by atoms with Gasteiger partial charge in [0, 0.05) is 21.3 Å². The van der Waals surface area contributed by atoms with Crippen LogP contribution in [0.5, 0.6) is 11.5 Å². The fourth-order valence-electron chi connectivity index (χ4n) is 4.16. The minimum atomic E-state index is -0.432. The number of carbonyl (C=O) groups excluding carboxylic acids is 3. The summed E-state index contributed by atoms with van der Waals surface area (Å²) in [7, 11) is 0. The summed E-state index contributed by atoms with van der Waals surface area (Å²) in [6, 6.07) is 28.3. The number of thiophene rings is 1. The van der Waals surface area contributed by atoms with E-state index in [-0.39, 0.29) is 12.3 Å². The number of nitrogens with one attached hydrogen (secondary N) is 2. The molecule has 43 heavy (non-hydrogen) atoms. The van der Waals surface area contributed by atoms with Crippen molar-refractivity contribution >= 4 is 62.7 Å². The molecule has 0 radical (unpaired) electrons. The van der Waals surface area contributed by atoms with Crippen LogP contribution in [-0.4, -0.2) is 30.6 Å². The molecule has 0 atom stereocenters. The first-order valence-electron chi connectivity index (χ1n) is 13.3. The molecule has 2 amide bonds. The molecule has 1 aromatic heterocycles. The Morgan fingerprint density at radius 2 is 1.63 bits per heavy atom. The van der Waals surface area contributed by atoms with Crippen LogP contribution in [0.4, 0.5) is 5.69 Å². The van der Waals surface area contributed by atoms with Crippen LogP contribution >= 0.6 is 22.9 Å². The predicted molar refractivity (Wildman–Crippen MR) is 170 cm³/mol. The minimum absolute atomic E-state index is 0.134. The largest absolute Gasteiger partial charge is 0.490 e. The van der Waals surface area contributed by atoms with Gasteiger partial charge in [-0.2, -0.15) is 5.10 Å². The highest BCUT2D eigenvalue weighted by atomic mass is 35.5. The first kappa shape index (κ1) is 29.5. The molecule has 0 fully saturated rings. The Bertz CT molecular complexity index is 1800. The van der Waals surface area contributed by atoms with Crippen LogP contribution in [0.15, 0.2) is 102 Å². The SMILES string of the molecule is CCOc1cc(/C=N\NC(=O)c2ccc(NC(=O)c3sc4ccccc4c3Cl)cc2)ccc1OC(=O)Cc1ccccc1. The van der Waals surface area contributed by atoms with Crippen LogP contribution in [0.3, 0.4) is 0 Å². The van der Waals surface area contributed by atoms with E-state index in [0.29, 0.717) is 44.8 Å². The monoisotopic (exact) mass is 611 g/mol. The van der Waals surface area contributed by atoms with Gasteiger partial charge >= 0.3 is 5.97 Å². The first-order chi connectivity index (χ1) is 20.9. The summed E-state index contributed by atoms with van der Waals surface area (Å²) in [5.74, 6) is -0.482. The van der Waals surface area contributed by atoms with Crippen molar-refractivity contribution in [1.29, 1.82) is 0 Å². The molecular formula is C33H26ClN3O5S. The van der Waals surface area contributed by atoms with Gasteiger partial charge in [0.05, 0.1) is 24.3 Å². The molecule has 1 heterocycles. The standard InChI is InChI=1S/C33H26ClN3O5S/c1-2-41-27-18-22(12-17-26(27)42-29(38)19-21-8-4-3-5-9-21)20-35-37-32(39)23-13-15-24(16-14-23)36-33(40)31-30(34)25-10-6-7-11-28(25)43-31/h3-18,20H,2,19H2,1H3,(H,36,40)(H,37,39)/b35-20-. The highest BCUT2D eigenvalue weighted by molar-refractivity contribution is 7.21. The Morgan fingerprint density at radius 1 is 0.884 bits per heavy atom. The van der Waals surface area contributed by atoms with Crippen LogP contribution in [0.25, 0.3) is 10.1 Å². The molecular weight excluding hydrogens is 586 g/mol. The zero-order valence-corrected chi connectivity index (χ0v) is 24.6. The van der Waals surface area contributed by atoms with E-state index in [1.165, 1.54) is 17.6 Å². The van der Waals surface area contributed by atoms with E-state index in [0.717, 1.165) is 15.6 Å². The topological polar surface area (TPSA) is 106 Å². The van der Waals surface area contributed by atoms with Crippen molar-refractivity contribution in [2.24, 2.45) is 5.10 Å². The van der Waals surface area contributed by atoms with Crippen molar-refractivity contribution in [1.82, 2.24) is 5.43 Å². The van der Waals surface area contributed by atoms with Crippen molar-refractivity contribution in [2.75, 3.05) is 11.9 Å². The van der Waals surface area contributed by atoms with Gasteiger partial charge in [0.2, 0.25) is 0 Å². The number of carbonyl (C=O) groups is 3. The lowest BCUT2D eigenvalue weighted by molar-refractivity contribution is -0.133. The second kappa shape index (κ2) is 13.8. The number of hydrogen-bond acceptors (Lipinski definition) is 7. The number of anilines is 1. The predicted octanol–water partition coefficient (Wildman–Crippen LogP) is 7.12. The molecule has 0 spiro atoms. The van der Waals surface area contributed by atoms with Gasteiger partial charge in [0.1, 0.15) is 4.88 Å². The molecule has 2 N–H and O–H groups in total. The molecule has 0 aliphatic carbocycles. The quantitative estimate of drug-likeness (QED) is 0.0757. The number of halogens is 1. The average Bonchev–Trinajstić information content (AvgIpc) is 3.36. The van der Waals surface area contributed by atoms with Crippen molar-refractivity contribution in [3.05, 3.63) is 124 Å². The Balaban J connectivity index is 1.17. The fraction of sp³-hybridized carbons (Fsp3) is 0.0909. The summed E-state index contributed by atoms with van der Waals surface area (Å²) < 4.78 is 12.1. The number of hydrogen-bond donors (Lipinski definition) is 2. The van der Waals surface area contributed by atoms with Crippen LogP contribution < -0.4 is 20.2 Å². The minimum Gasteiger partial charge on any atom is -0.490 e. The van der Waals surface area contributed by atoms with E-state index >= 15 is 0 Å². The van der Waals surface area contributed by atoms with E-state index in [1.807, 2.05) is 61.5 Å². The maximum Gasteiger partial charge on any atom is 0.315 e. The Morgan fingerprint density at radius 3 is 2.37 bits per heavy atom. The molecule has 0 unspecified atom stereocenters. The van der Waals surface area contributed by atoms with E-state index in [1.54, 1.807) is 42.5 Å². The molecule has 8 nitrogen and oxygen atoms in total. The molecule has 0 saturated heterocycles. The van der Waals surface area contributed by atoms with Gasteiger partial charge < -0.3 is 14.8 Å². The molecule has 0 bridgehead atoms. The number of nitrogens with zero attached hydrogens (tertiary/aromatic N) is 1. The van der Waals surface area contributed by atoms with E-state index in [4.69, 9.17) is 21.1 Å². The Labute approximate surface area is 256 Å². The van der Waals surface area contributed by atoms with Gasteiger partial charge in [-0.1, -0.05) is 60.1 Å². The molecule has 5 rings (SSSR count). The van der Waals surface area contributed by atoms with Gasteiger partial charge in [-0.15, -0.1) is 11.3 Å². The van der Waals surface area contributed by atoms with Crippen molar-refractivity contribution in [3.8, 4) is 11.5 Å². The summed E-state index contributed by atoms with van der Waals surface area (Å²) in [6.07, 6.45) is 1.59. The highest BCUT2D eigenvalue weighted by Crippen LogP contribution is 2.35. The number of rotatable bonds is 10. The lowest BCUT2D eigenvalue weighted by Gasteiger charge is -2.11. The van der Waals surface area contributed by atoms with E-state index in [2.05, 4.69) is 15.8 Å². The number of esters is 1. The van der Waals surface area contributed by atoms with Gasteiger partial charge in [0.25, 0.3) is 11.8 Å². The Kier molecular flexibility index (Phi) is 9.46. The zero-order chi connectivity index (χ0) is 30.2. The number of ether oxygens (including phenoxy) is 2. The third kappa shape index (κ3) is 7.45. The van der Waals surface area contributed by atoms with Crippen LogP contribution in [0.1, 0.15) is 38.1 Å². The summed E-state index contributed by atoms with van der Waals surface area (Å²) in [6.45, 7) is 2.20. The smallest absolute Gasteiger partial charge is 0.315 e. The number of benzene rings is 4. The summed E-state index contributed by atoms with van der Waals surface area (Å²) in [5, 5.41) is 8.10. The molecule has 4 aromatic carbocycles. The maximum absolute atomic E-state index is 12.8. The molecule has 0 saturated carbocycles. The third-order valence-electron chi connectivity index (χ3n) is 6.21. The molecule has 0 aliphatic rings. The first-order valence-corrected chi connectivity index (χ1v) is 14.5. The molecule has 10 heteroatoms. The number of amides is 2. The average molecular weight is 612 g/mol. The van der Waals surface area contributed by atoms with Crippen molar-refractivity contribution in [3.63, 3.8) is 0 Å². The van der Waals surface area contributed by atoms with Gasteiger partial charge in [-0.05, 0) is 66.6 Å². The van der Waals surface area contributed by atoms with Gasteiger partial charge in [-0.25, -0.2) is 5.43 Å². The second-order valence-electron chi connectivity index (χ2n) is 9.25. The van der Waals surface area contributed by atoms with Gasteiger partial charge in [0.15, 0.2) is 11.5 Å². The molecule has 216 valence electrons. The lowest BCUT2D eigenvalue weighted by atomic mass is 10.1. The van der Waals surface area contributed by atoms with Crippen LogP contribution in [-0.2, 0) is 11.2 Å². The second-order valence-corrected chi connectivity index (χ2v) is 10.7. The van der Waals surface area contributed by atoms with E-state index in [9.17, 15) is 14.4 Å². The fourth-order valence-corrected chi connectivity index (χ4v) is 5.57. The normalized spacial score (nSPS) is 10.9. The van der Waals surface area contributed by atoms with Crippen LogP contribution in [0, 0.1) is 0 Å². The highest BCUT2D eigenvalue weighted by Gasteiger charge is 2.17. The summed E-state index contributed by atoms with van der Waals surface area (Å²) in [5.41, 5.74) is 4.83. The van der Waals surface area contributed by atoms with Crippen molar-refractivity contribution < 1.29 is 23.9 Å². The molecule has 0 aliphatic heterocycles. The molecule has 5 aromatic rings. The lowest BCUT2D eigenvalue weighted by Crippen LogP contribution is -2.18. The zero-order valence-electron chi connectivity index (χ0n) is 23.0. The summed E-state index contributed by atoms with van der Waals surface area (Å²) >= 11 is 7.73. The van der Waals surface area contributed by atoms with E-state index < -0.39 is 11.9 Å². The maximum atomic E-state index is 12.8. The number of fused-ring (bicyclic) bond motifs is 1. The third-order valence-corrected chi connectivity index (χ3v) is 7.88. The Hall–Kier alpha value is -4.99. The van der Waals surface area contributed by atoms with Gasteiger partial charge in [-0.3, -0.25) is 14.4 Å². The summed E-state index contributed by atoms with van der Waals surface area (Å²) in [4.78, 5) is 38.2. The van der Waals surface area contributed by atoms with Crippen molar-refractivity contribution in [2.45, 2.75) is 13.3 Å².